The summed E-state index contributed by atoms with van der Waals surface area (Å²) in [7, 11) is 0. The maximum absolute atomic E-state index is 10.8. The average Bonchev–Trinajstić information content (AvgIpc) is 2.50. The molecule has 0 fully saturated rings. The molecule has 0 atom stereocenters. The fourth-order valence-electron chi connectivity index (χ4n) is 2.02. The van der Waals surface area contributed by atoms with Crippen molar-refractivity contribution in [2.75, 3.05) is 6.61 Å². The average molecular weight is 318 g/mol. The number of carbonyl (C=O) groups excluding carboxylic acids is 1. The molecule has 0 amide bonds. The molecular formula is C18H18ClO3. The van der Waals surface area contributed by atoms with Gasteiger partial charge < -0.3 is 9.47 Å². The number of halogens is 1. The molecule has 2 aromatic carbocycles. The highest BCUT2D eigenvalue weighted by Crippen LogP contribution is 2.22. The first-order valence-corrected chi connectivity index (χ1v) is 7.50. The van der Waals surface area contributed by atoms with E-state index in [1.54, 1.807) is 6.07 Å². The molecule has 0 aliphatic rings. The van der Waals surface area contributed by atoms with Crippen molar-refractivity contribution in [3.05, 3.63) is 64.2 Å². The highest BCUT2D eigenvalue weighted by Gasteiger charge is 2.05. The molecule has 115 valence electrons. The summed E-state index contributed by atoms with van der Waals surface area (Å²) < 4.78 is 10.4. The summed E-state index contributed by atoms with van der Waals surface area (Å²) in [6, 6.07) is 14.7. The molecule has 0 N–H and O–H groups in total. The lowest BCUT2D eigenvalue weighted by Gasteiger charge is -2.08. The van der Waals surface area contributed by atoms with Crippen LogP contribution in [0.1, 0.15) is 30.5 Å². The van der Waals surface area contributed by atoms with Gasteiger partial charge in [0.15, 0.2) is 0 Å². The molecule has 0 saturated carbocycles. The minimum atomic E-state index is -0.311. The van der Waals surface area contributed by atoms with Crippen LogP contribution in [0.5, 0.6) is 5.75 Å². The maximum Gasteiger partial charge on any atom is 0.302 e. The van der Waals surface area contributed by atoms with E-state index in [0.717, 1.165) is 22.4 Å². The number of ether oxygens (including phenoxy) is 2. The first-order valence-electron chi connectivity index (χ1n) is 7.12. The Morgan fingerprint density at radius 2 is 1.95 bits per heavy atom. The van der Waals surface area contributed by atoms with Crippen LogP contribution < -0.4 is 4.74 Å². The molecule has 0 unspecified atom stereocenters. The highest BCUT2D eigenvalue weighted by molar-refractivity contribution is 6.31. The van der Waals surface area contributed by atoms with Gasteiger partial charge in [-0.25, -0.2) is 0 Å². The van der Waals surface area contributed by atoms with E-state index in [4.69, 9.17) is 21.1 Å². The second-order valence-corrected chi connectivity index (χ2v) is 5.28. The summed E-state index contributed by atoms with van der Waals surface area (Å²) in [5, 5.41) is 0.624. The summed E-state index contributed by atoms with van der Waals surface area (Å²) >= 11 is 6.28. The van der Waals surface area contributed by atoms with Gasteiger partial charge in [-0.15, -0.1) is 0 Å². The summed E-state index contributed by atoms with van der Waals surface area (Å²) in [5.41, 5.74) is 2.88. The van der Waals surface area contributed by atoms with Crippen LogP contribution in [0, 0.1) is 6.07 Å². The lowest BCUT2D eigenvalue weighted by atomic mass is 10.0. The van der Waals surface area contributed by atoms with Crippen molar-refractivity contribution in [2.24, 2.45) is 0 Å². The molecule has 0 aliphatic heterocycles. The van der Waals surface area contributed by atoms with Gasteiger partial charge in [-0.1, -0.05) is 23.7 Å². The number of hydrogen-bond donors (Lipinski definition) is 0. The third-order valence-corrected chi connectivity index (χ3v) is 3.43. The normalized spacial score (nSPS) is 10.3. The van der Waals surface area contributed by atoms with Crippen molar-refractivity contribution in [1.29, 1.82) is 0 Å². The largest absolute Gasteiger partial charge is 0.494 e. The quantitative estimate of drug-likeness (QED) is 0.749. The second-order valence-electron chi connectivity index (χ2n) is 4.87. The molecule has 0 aliphatic carbocycles. The van der Waals surface area contributed by atoms with Crippen molar-refractivity contribution >= 4 is 17.6 Å². The minimum Gasteiger partial charge on any atom is -0.494 e. The fourth-order valence-corrected chi connectivity index (χ4v) is 2.28. The Labute approximate surface area is 135 Å². The fraction of sp³-hybridized carbons (Fsp3) is 0.278. The van der Waals surface area contributed by atoms with E-state index < -0.39 is 0 Å². The van der Waals surface area contributed by atoms with E-state index in [1.807, 2.05) is 37.3 Å². The Morgan fingerprint density at radius 3 is 2.55 bits per heavy atom. The topological polar surface area (TPSA) is 35.5 Å². The SMILES string of the molecule is CCOc1ccc(Cc2[c]cc(COC(C)=O)cc2Cl)cc1. The molecule has 0 bridgehead atoms. The molecule has 0 aromatic heterocycles. The Balaban J connectivity index is 2.04. The van der Waals surface area contributed by atoms with Gasteiger partial charge in [-0.05, 0) is 60.4 Å². The number of rotatable bonds is 6. The van der Waals surface area contributed by atoms with Crippen LogP contribution in [0.3, 0.4) is 0 Å². The maximum atomic E-state index is 10.8. The lowest BCUT2D eigenvalue weighted by molar-refractivity contribution is -0.142. The van der Waals surface area contributed by atoms with E-state index in [-0.39, 0.29) is 12.6 Å². The zero-order valence-corrected chi connectivity index (χ0v) is 13.4. The number of benzene rings is 2. The smallest absolute Gasteiger partial charge is 0.302 e. The molecular weight excluding hydrogens is 300 g/mol. The number of esters is 1. The van der Waals surface area contributed by atoms with Gasteiger partial charge in [0.1, 0.15) is 12.4 Å². The van der Waals surface area contributed by atoms with Crippen LogP contribution in [-0.4, -0.2) is 12.6 Å². The Bertz CT molecular complexity index is 635. The predicted octanol–water partition coefficient (Wildman–Crippen LogP) is 4.19. The van der Waals surface area contributed by atoms with E-state index in [0.29, 0.717) is 18.1 Å². The molecule has 3 nitrogen and oxygen atoms in total. The molecule has 0 spiro atoms. The van der Waals surface area contributed by atoms with Crippen molar-refractivity contribution < 1.29 is 14.3 Å². The molecule has 0 saturated heterocycles. The molecule has 2 aromatic rings. The Kier molecular flexibility index (Phi) is 5.84. The van der Waals surface area contributed by atoms with Gasteiger partial charge in [0.2, 0.25) is 0 Å². The van der Waals surface area contributed by atoms with Crippen LogP contribution in [-0.2, 0) is 22.6 Å². The van der Waals surface area contributed by atoms with Crippen LogP contribution >= 0.6 is 11.6 Å². The molecule has 4 heteroatoms. The zero-order chi connectivity index (χ0) is 15.9. The van der Waals surface area contributed by atoms with E-state index in [1.165, 1.54) is 6.92 Å². The standard InChI is InChI=1S/C18H18ClO3/c1-3-21-17-8-5-14(6-9-17)10-16-7-4-15(11-18(16)19)12-22-13(2)20/h4-6,8-9,11H,3,10,12H2,1-2H3. The minimum absolute atomic E-state index is 0.217. The van der Waals surface area contributed by atoms with E-state index in [9.17, 15) is 4.79 Å². The van der Waals surface area contributed by atoms with Gasteiger partial charge in [0, 0.05) is 11.9 Å². The Morgan fingerprint density at radius 1 is 1.23 bits per heavy atom. The highest BCUT2D eigenvalue weighted by atomic mass is 35.5. The van der Waals surface area contributed by atoms with E-state index >= 15 is 0 Å². The van der Waals surface area contributed by atoms with Crippen LogP contribution in [0.25, 0.3) is 0 Å². The number of carbonyl (C=O) groups is 1. The van der Waals surface area contributed by atoms with Gasteiger partial charge in [-0.2, -0.15) is 0 Å². The van der Waals surface area contributed by atoms with Crippen LogP contribution in [0.2, 0.25) is 5.02 Å². The van der Waals surface area contributed by atoms with Gasteiger partial charge in [0.05, 0.1) is 6.61 Å². The summed E-state index contributed by atoms with van der Waals surface area (Å²) in [5.74, 6) is 0.549. The summed E-state index contributed by atoms with van der Waals surface area (Å²) in [4.78, 5) is 10.8. The summed E-state index contributed by atoms with van der Waals surface area (Å²) in [6.45, 7) is 4.21. The Hall–Kier alpha value is -2.00. The molecule has 1 radical (unpaired) electrons. The van der Waals surface area contributed by atoms with Crippen molar-refractivity contribution in [2.45, 2.75) is 26.9 Å². The van der Waals surface area contributed by atoms with Crippen LogP contribution in [0.4, 0.5) is 0 Å². The molecule has 0 heterocycles. The van der Waals surface area contributed by atoms with Crippen molar-refractivity contribution in [3.63, 3.8) is 0 Å². The zero-order valence-electron chi connectivity index (χ0n) is 12.7. The monoisotopic (exact) mass is 317 g/mol. The van der Waals surface area contributed by atoms with Crippen LogP contribution in [0.15, 0.2) is 36.4 Å². The lowest BCUT2D eigenvalue weighted by Crippen LogP contribution is -1.99. The third-order valence-electron chi connectivity index (χ3n) is 3.09. The predicted molar refractivity (Wildman–Crippen MR) is 86.2 cm³/mol. The van der Waals surface area contributed by atoms with Gasteiger partial charge >= 0.3 is 5.97 Å². The van der Waals surface area contributed by atoms with Gasteiger partial charge in [0.25, 0.3) is 0 Å². The first kappa shape index (κ1) is 16.4. The van der Waals surface area contributed by atoms with Crippen molar-refractivity contribution in [3.8, 4) is 5.75 Å². The summed E-state index contributed by atoms with van der Waals surface area (Å²) in [6.07, 6.45) is 0.694. The van der Waals surface area contributed by atoms with Crippen molar-refractivity contribution in [1.82, 2.24) is 0 Å². The molecule has 22 heavy (non-hydrogen) atoms. The second kappa shape index (κ2) is 7.85. The van der Waals surface area contributed by atoms with Gasteiger partial charge in [-0.3, -0.25) is 4.79 Å². The first-order chi connectivity index (χ1) is 10.6. The third kappa shape index (κ3) is 4.78. The number of hydrogen-bond acceptors (Lipinski definition) is 3. The molecule has 2 rings (SSSR count). The van der Waals surface area contributed by atoms with E-state index in [2.05, 4.69) is 6.07 Å².